The topological polar surface area (TPSA) is 87.4 Å². The van der Waals surface area contributed by atoms with Crippen molar-refractivity contribution in [3.63, 3.8) is 0 Å². The number of benzene rings is 1. The van der Waals surface area contributed by atoms with E-state index in [0.29, 0.717) is 24.5 Å². The van der Waals surface area contributed by atoms with Gasteiger partial charge in [0, 0.05) is 31.7 Å². The van der Waals surface area contributed by atoms with Gasteiger partial charge in [-0.05, 0) is 25.3 Å². The maximum absolute atomic E-state index is 11.9. The van der Waals surface area contributed by atoms with Gasteiger partial charge in [0.15, 0.2) is 5.82 Å². The highest BCUT2D eigenvalue weighted by Gasteiger charge is 2.11. The number of nitrogens with one attached hydrogen (secondary N) is 2. The van der Waals surface area contributed by atoms with Gasteiger partial charge in [-0.3, -0.25) is 4.79 Å². The van der Waals surface area contributed by atoms with Crippen LogP contribution < -0.4 is 10.6 Å². The van der Waals surface area contributed by atoms with E-state index in [2.05, 4.69) is 15.8 Å². The van der Waals surface area contributed by atoms with Crippen molar-refractivity contribution in [3.05, 3.63) is 47.7 Å². The van der Waals surface area contributed by atoms with Crippen LogP contribution in [-0.4, -0.2) is 29.3 Å². The molecule has 0 aliphatic heterocycles. The first-order chi connectivity index (χ1) is 11.2. The Balaban J connectivity index is 1.80. The average Bonchev–Trinajstić information content (AvgIpc) is 2.96. The Kier molecular flexibility index (Phi) is 6.77. The Morgan fingerprint density at radius 2 is 2.13 bits per heavy atom. The summed E-state index contributed by atoms with van der Waals surface area (Å²) in [5.74, 6) is 0.985. The monoisotopic (exact) mass is 317 g/mol. The molecule has 0 radical (unpaired) electrons. The molecule has 3 N–H and O–H groups in total. The standard InChI is InChI=1S/C17H23N3O3/c1-13-12-16(20-23-13)19-17(22)9-10-18-15(8-5-11-21)14-6-3-2-4-7-14/h2-4,6-7,12,15,18,21H,5,8-11H2,1H3,(H,19,20,22). The largest absolute Gasteiger partial charge is 0.396 e. The van der Waals surface area contributed by atoms with Crippen molar-refractivity contribution in [2.24, 2.45) is 0 Å². The van der Waals surface area contributed by atoms with Crippen molar-refractivity contribution < 1.29 is 14.4 Å². The predicted molar refractivity (Wildman–Crippen MR) is 88.0 cm³/mol. The number of carbonyl (C=O) groups excluding carboxylic acids is 1. The number of aromatic nitrogens is 1. The second-order valence-corrected chi connectivity index (χ2v) is 5.40. The summed E-state index contributed by atoms with van der Waals surface area (Å²) < 4.78 is 4.91. The molecule has 0 bridgehead atoms. The molecule has 0 saturated heterocycles. The summed E-state index contributed by atoms with van der Waals surface area (Å²) in [7, 11) is 0. The number of hydrogen-bond donors (Lipinski definition) is 3. The molecule has 1 amide bonds. The SMILES string of the molecule is Cc1cc(NC(=O)CCNC(CCCO)c2ccccc2)no1. The van der Waals surface area contributed by atoms with Crippen LogP contribution in [0.5, 0.6) is 0 Å². The molecule has 0 spiro atoms. The van der Waals surface area contributed by atoms with Crippen LogP contribution in [0.4, 0.5) is 5.82 Å². The smallest absolute Gasteiger partial charge is 0.226 e. The van der Waals surface area contributed by atoms with Gasteiger partial charge in [0.2, 0.25) is 5.91 Å². The minimum absolute atomic E-state index is 0.111. The summed E-state index contributed by atoms with van der Waals surface area (Å²) in [5, 5.41) is 18.8. The van der Waals surface area contributed by atoms with Crippen LogP contribution >= 0.6 is 0 Å². The molecular formula is C17H23N3O3. The van der Waals surface area contributed by atoms with Crippen LogP contribution in [0.1, 0.15) is 36.6 Å². The van der Waals surface area contributed by atoms with E-state index < -0.39 is 0 Å². The van der Waals surface area contributed by atoms with Crippen molar-refractivity contribution >= 4 is 11.7 Å². The lowest BCUT2D eigenvalue weighted by Gasteiger charge is -2.18. The molecule has 0 aliphatic rings. The van der Waals surface area contributed by atoms with Crippen molar-refractivity contribution in [3.8, 4) is 0 Å². The van der Waals surface area contributed by atoms with Crippen LogP contribution in [0.15, 0.2) is 40.9 Å². The molecule has 1 aromatic carbocycles. The average molecular weight is 317 g/mol. The molecule has 124 valence electrons. The molecule has 2 aromatic rings. The molecule has 6 heteroatoms. The van der Waals surface area contributed by atoms with Gasteiger partial charge in [-0.1, -0.05) is 35.5 Å². The molecule has 0 fully saturated rings. The zero-order chi connectivity index (χ0) is 16.5. The van der Waals surface area contributed by atoms with Crippen LogP contribution in [-0.2, 0) is 4.79 Å². The number of rotatable bonds is 9. The van der Waals surface area contributed by atoms with Gasteiger partial charge in [0.05, 0.1) is 0 Å². The highest BCUT2D eigenvalue weighted by atomic mass is 16.5. The molecule has 0 saturated carbocycles. The summed E-state index contributed by atoms with van der Waals surface area (Å²) in [4.78, 5) is 11.9. The Labute approximate surface area is 135 Å². The van der Waals surface area contributed by atoms with E-state index in [4.69, 9.17) is 9.63 Å². The minimum atomic E-state index is -0.111. The summed E-state index contributed by atoms with van der Waals surface area (Å²) in [6.45, 7) is 2.49. The highest BCUT2D eigenvalue weighted by molar-refractivity contribution is 5.89. The summed E-state index contributed by atoms with van der Waals surface area (Å²) in [6, 6.07) is 11.9. The van der Waals surface area contributed by atoms with Gasteiger partial charge in [0.1, 0.15) is 5.76 Å². The van der Waals surface area contributed by atoms with E-state index >= 15 is 0 Å². The fraction of sp³-hybridized carbons (Fsp3) is 0.412. The number of aliphatic hydroxyl groups excluding tert-OH is 1. The Morgan fingerprint density at radius 3 is 2.78 bits per heavy atom. The molecule has 23 heavy (non-hydrogen) atoms. The highest BCUT2D eigenvalue weighted by Crippen LogP contribution is 2.18. The molecule has 1 unspecified atom stereocenters. The lowest BCUT2D eigenvalue weighted by atomic mass is 10.0. The van der Waals surface area contributed by atoms with Crippen molar-refractivity contribution in [1.82, 2.24) is 10.5 Å². The van der Waals surface area contributed by atoms with Crippen LogP contribution in [0.25, 0.3) is 0 Å². The maximum atomic E-state index is 11.9. The first kappa shape index (κ1) is 17.2. The molecular weight excluding hydrogens is 294 g/mol. The molecule has 2 rings (SSSR count). The number of aryl methyl sites for hydroxylation is 1. The summed E-state index contributed by atoms with van der Waals surface area (Å²) in [5.41, 5.74) is 1.16. The number of nitrogens with zero attached hydrogens (tertiary/aromatic N) is 1. The fourth-order valence-electron chi connectivity index (χ4n) is 2.36. The lowest BCUT2D eigenvalue weighted by Crippen LogP contribution is -2.26. The maximum Gasteiger partial charge on any atom is 0.226 e. The number of aliphatic hydroxyl groups is 1. The van der Waals surface area contributed by atoms with Gasteiger partial charge in [-0.2, -0.15) is 0 Å². The normalized spacial score (nSPS) is 12.1. The van der Waals surface area contributed by atoms with E-state index in [1.165, 1.54) is 0 Å². The van der Waals surface area contributed by atoms with Crippen molar-refractivity contribution in [2.45, 2.75) is 32.2 Å². The Morgan fingerprint density at radius 1 is 1.35 bits per heavy atom. The van der Waals surface area contributed by atoms with Gasteiger partial charge in [-0.25, -0.2) is 0 Å². The van der Waals surface area contributed by atoms with Crippen molar-refractivity contribution in [1.29, 1.82) is 0 Å². The van der Waals surface area contributed by atoms with E-state index in [1.807, 2.05) is 30.3 Å². The third kappa shape index (κ3) is 5.84. The summed E-state index contributed by atoms with van der Waals surface area (Å²) in [6.07, 6.45) is 1.88. The molecule has 1 heterocycles. The van der Waals surface area contributed by atoms with Gasteiger partial charge in [-0.15, -0.1) is 0 Å². The molecule has 6 nitrogen and oxygen atoms in total. The van der Waals surface area contributed by atoms with Gasteiger partial charge >= 0.3 is 0 Å². The Hall–Kier alpha value is -2.18. The van der Waals surface area contributed by atoms with Crippen LogP contribution in [0.3, 0.4) is 0 Å². The second kappa shape index (κ2) is 9.07. The quantitative estimate of drug-likeness (QED) is 0.661. The van der Waals surface area contributed by atoms with Crippen molar-refractivity contribution in [2.75, 3.05) is 18.5 Å². The first-order valence-electron chi connectivity index (χ1n) is 7.81. The fourth-order valence-corrected chi connectivity index (χ4v) is 2.36. The third-order valence-corrected chi connectivity index (χ3v) is 3.49. The first-order valence-corrected chi connectivity index (χ1v) is 7.81. The number of hydrogen-bond acceptors (Lipinski definition) is 5. The zero-order valence-corrected chi connectivity index (χ0v) is 13.3. The molecule has 0 aliphatic carbocycles. The van der Waals surface area contributed by atoms with E-state index in [0.717, 1.165) is 18.4 Å². The van der Waals surface area contributed by atoms with Crippen LogP contribution in [0.2, 0.25) is 0 Å². The Bertz CT molecular complexity index is 598. The minimum Gasteiger partial charge on any atom is -0.396 e. The molecule has 1 atom stereocenters. The van der Waals surface area contributed by atoms with Crippen LogP contribution in [0, 0.1) is 6.92 Å². The van der Waals surface area contributed by atoms with Gasteiger partial charge in [0.25, 0.3) is 0 Å². The summed E-state index contributed by atoms with van der Waals surface area (Å²) >= 11 is 0. The number of amides is 1. The predicted octanol–water partition coefficient (Wildman–Crippen LogP) is 2.42. The number of carbonyl (C=O) groups is 1. The second-order valence-electron chi connectivity index (χ2n) is 5.40. The number of anilines is 1. The third-order valence-electron chi connectivity index (χ3n) is 3.49. The molecule has 1 aromatic heterocycles. The van der Waals surface area contributed by atoms with E-state index in [1.54, 1.807) is 13.0 Å². The lowest BCUT2D eigenvalue weighted by molar-refractivity contribution is -0.116. The van der Waals surface area contributed by atoms with Gasteiger partial charge < -0.3 is 20.3 Å². The van der Waals surface area contributed by atoms with E-state index in [-0.39, 0.29) is 18.6 Å². The van der Waals surface area contributed by atoms with E-state index in [9.17, 15) is 4.79 Å². The zero-order valence-electron chi connectivity index (χ0n) is 13.3.